The van der Waals surface area contributed by atoms with E-state index in [9.17, 15) is 14.9 Å². The highest BCUT2D eigenvalue weighted by Crippen LogP contribution is 2.37. The number of nitriles is 1. The maximum absolute atomic E-state index is 12.5. The number of hydrogen-bond donors (Lipinski definition) is 2. The Morgan fingerprint density at radius 3 is 2.69 bits per heavy atom. The molecule has 1 unspecified atom stereocenters. The minimum absolute atomic E-state index is 0.132. The molecule has 1 amide bonds. The van der Waals surface area contributed by atoms with Crippen molar-refractivity contribution in [2.75, 3.05) is 32.0 Å². The third-order valence-corrected chi connectivity index (χ3v) is 6.43. The Kier molecular flexibility index (Phi) is 7.78. The number of nitrogens with zero attached hydrogens (tertiary/aromatic N) is 4. The number of amides is 1. The molecule has 3 rings (SSSR count). The molecule has 1 aliphatic heterocycles. The summed E-state index contributed by atoms with van der Waals surface area (Å²) in [6.45, 7) is 5.57. The lowest BCUT2D eigenvalue weighted by Gasteiger charge is -2.41. The van der Waals surface area contributed by atoms with E-state index < -0.39 is 5.54 Å². The zero-order valence-electron chi connectivity index (χ0n) is 19.3. The number of carbonyl (C=O) groups is 2. The number of carbonyl (C=O) groups excluding carboxylic acids is 2. The molecule has 1 aromatic rings. The Balaban J connectivity index is 1.89. The van der Waals surface area contributed by atoms with Crippen LogP contribution in [-0.4, -0.2) is 59.8 Å². The molecule has 9 heteroatoms. The summed E-state index contributed by atoms with van der Waals surface area (Å²) < 4.78 is 7.31. The van der Waals surface area contributed by atoms with Gasteiger partial charge in [-0.1, -0.05) is 6.92 Å². The molecule has 2 N–H and O–H groups in total. The molecule has 0 aromatic carbocycles. The fraction of sp³-hybridized carbons (Fsp3) is 0.652. The lowest BCUT2D eigenvalue weighted by atomic mass is 9.84. The standard InChI is InChI=1S/C23H34N6O3/c1-4-17(2)32-22(31)28-13-9-23(8-11-24,10-14-28)29-20(7-12-25-3)19(16-30)21(27-29)26-15-18-5-6-18/h7,12,16-18,25H,4-6,8-10,13-15H2,1-3H3,(H,26,27)/b12-7-. The van der Waals surface area contributed by atoms with Crippen molar-refractivity contribution in [1.82, 2.24) is 20.0 Å². The van der Waals surface area contributed by atoms with Crippen molar-refractivity contribution in [2.24, 2.45) is 5.92 Å². The number of hydrogen-bond acceptors (Lipinski definition) is 7. The van der Waals surface area contributed by atoms with Gasteiger partial charge in [0.15, 0.2) is 12.1 Å². The van der Waals surface area contributed by atoms with E-state index in [1.807, 2.05) is 24.6 Å². The Hall–Kier alpha value is -3.02. The van der Waals surface area contributed by atoms with E-state index in [1.54, 1.807) is 18.1 Å². The molecule has 1 saturated carbocycles. The van der Waals surface area contributed by atoms with Crippen molar-refractivity contribution >= 4 is 24.3 Å². The maximum atomic E-state index is 12.5. The Bertz CT molecular complexity index is 875. The highest BCUT2D eigenvalue weighted by Gasteiger charge is 2.41. The highest BCUT2D eigenvalue weighted by atomic mass is 16.6. The molecule has 1 aliphatic carbocycles. The Morgan fingerprint density at radius 1 is 1.41 bits per heavy atom. The van der Waals surface area contributed by atoms with Crippen molar-refractivity contribution in [3.63, 3.8) is 0 Å². The smallest absolute Gasteiger partial charge is 0.410 e. The van der Waals surface area contributed by atoms with E-state index in [0.717, 1.165) is 19.3 Å². The third kappa shape index (κ3) is 5.23. The average Bonchev–Trinajstić information content (AvgIpc) is 3.56. The van der Waals surface area contributed by atoms with Crippen molar-refractivity contribution in [3.05, 3.63) is 17.5 Å². The van der Waals surface area contributed by atoms with E-state index in [1.165, 1.54) is 12.8 Å². The van der Waals surface area contributed by atoms with Gasteiger partial charge in [-0.3, -0.25) is 9.48 Å². The first-order chi connectivity index (χ1) is 15.5. The summed E-state index contributed by atoms with van der Waals surface area (Å²) in [5, 5.41) is 20.7. The second kappa shape index (κ2) is 10.5. The van der Waals surface area contributed by atoms with Gasteiger partial charge in [0.2, 0.25) is 0 Å². The van der Waals surface area contributed by atoms with Crippen LogP contribution in [0.4, 0.5) is 10.6 Å². The number of ether oxygens (including phenoxy) is 1. The van der Waals surface area contributed by atoms with Gasteiger partial charge in [-0.05, 0) is 57.2 Å². The molecule has 0 bridgehead atoms. The van der Waals surface area contributed by atoms with Crippen LogP contribution in [0.5, 0.6) is 0 Å². The van der Waals surface area contributed by atoms with Gasteiger partial charge >= 0.3 is 6.09 Å². The van der Waals surface area contributed by atoms with Crippen LogP contribution in [0.1, 0.15) is 68.4 Å². The molecule has 2 heterocycles. The number of likely N-dealkylation sites (tertiary alicyclic amines) is 1. The van der Waals surface area contributed by atoms with Gasteiger partial charge in [0.1, 0.15) is 6.10 Å². The van der Waals surface area contributed by atoms with Crippen molar-refractivity contribution in [2.45, 2.75) is 64.0 Å². The van der Waals surface area contributed by atoms with Gasteiger partial charge < -0.3 is 20.3 Å². The van der Waals surface area contributed by atoms with Crippen LogP contribution in [-0.2, 0) is 10.3 Å². The zero-order chi connectivity index (χ0) is 23.1. The molecule has 174 valence electrons. The number of rotatable bonds is 10. The summed E-state index contributed by atoms with van der Waals surface area (Å²) in [5.74, 6) is 1.18. The van der Waals surface area contributed by atoms with Gasteiger partial charge in [0, 0.05) is 26.7 Å². The zero-order valence-corrected chi connectivity index (χ0v) is 19.3. The van der Waals surface area contributed by atoms with Gasteiger partial charge in [-0.2, -0.15) is 10.4 Å². The second-order valence-corrected chi connectivity index (χ2v) is 8.77. The summed E-state index contributed by atoms with van der Waals surface area (Å²) in [5.41, 5.74) is 0.554. The minimum atomic E-state index is -0.605. The molecular formula is C23H34N6O3. The van der Waals surface area contributed by atoms with E-state index in [4.69, 9.17) is 9.84 Å². The Morgan fingerprint density at radius 2 is 2.12 bits per heavy atom. The average molecular weight is 443 g/mol. The van der Waals surface area contributed by atoms with Crippen LogP contribution >= 0.6 is 0 Å². The predicted molar refractivity (Wildman–Crippen MR) is 122 cm³/mol. The molecule has 0 radical (unpaired) electrons. The molecule has 1 atom stereocenters. The Labute approximate surface area is 189 Å². The maximum Gasteiger partial charge on any atom is 0.410 e. The van der Waals surface area contributed by atoms with Crippen LogP contribution < -0.4 is 10.6 Å². The molecule has 1 saturated heterocycles. The number of aromatic nitrogens is 2. The molecule has 0 spiro atoms. The van der Waals surface area contributed by atoms with E-state index in [0.29, 0.717) is 48.9 Å². The normalized spacial score (nSPS) is 18.8. The summed E-state index contributed by atoms with van der Waals surface area (Å²) in [6.07, 6.45) is 8.44. The monoisotopic (exact) mass is 442 g/mol. The first-order valence-corrected chi connectivity index (χ1v) is 11.5. The number of nitrogens with one attached hydrogen (secondary N) is 2. The quantitative estimate of drug-likeness (QED) is 0.534. The fourth-order valence-corrected chi connectivity index (χ4v) is 3.98. The fourth-order valence-electron chi connectivity index (χ4n) is 3.98. The molecule has 2 fully saturated rings. The summed E-state index contributed by atoms with van der Waals surface area (Å²) in [6, 6.07) is 2.31. The van der Waals surface area contributed by atoms with Crippen LogP contribution in [0.2, 0.25) is 0 Å². The molecule has 1 aromatic heterocycles. The van der Waals surface area contributed by atoms with Gasteiger partial charge in [0.05, 0.1) is 29.3 Å². The third-order valence-electron chi connectivity index (χ3n) is 6.43. The van der Waals surface area contributed by atoms with Crippen molar-refractivity contribution in [1.29, 1.82) is 5.26 Å². The predicted octanol–water partition coefficient (Wildman–Crippen LogP) is 3.35. The van der Waals surface area contributed by atoms with Crippen LogP contribution in [0.25, 0.3) is 6.08 Å². The van der Waals surface area contributed by atoms with Crippen LogP contribution in [0, 0.1) is 17.2 Å². The highest BCUT2D eigenvalue weighted by molar-refractivity contribution is 5.88. The van der Waals surface area contributed by atoms with E-state index in [-0.39, 0.29) is 18.6 Å². The van der Waals surface area contributed by atoms with Crippen LogP contribution in [0.3, 0.4) is 0 Å². The summed E-state index contributed by atoms with van der Waals surface area (Å²) >= 11 is 0. The largest absolute Gasteiger partial charge is 0.446 e. The topological polar surface area (TPSA) is 112 Å². The second-order valence-electron chi connectivity index (χ2n) is 8.77. The minimum Gasteiger partial charge on any atom is -0.446 e. The van der Waals surface area contributed by atoms with Crippen molar-refractivity contribution < 1.29 is 14.3 Å². The summed E-state index contributed by atoms with van der Waals surface area (Å²) in [7, 11) is 1.79. The van der Waals surface area contributed by atoms with Gasteiger partial charge in [-0.15, -0.1) is 0 Å². The molecule has 32 heavy (non-hydrogen) atoms. The number of piperidine rings is 1. The van der Waals surface area contributed by atoms with Crippen molar-refractivity contribution in [3.8, 4) is 6.07 Å². The lowest BCUT2D eigenvalue weighted by molar-refractivity contribution is 0.0434. The molecule has 9 nitrogen and oxygen atoms in total. The first-order valence-electron chi connectivity index (χ1n) is 11.5. The lowest BCUT2D eigenvalue weighted by Crippen LogP contribution is -2.49. The SMILES string of the molecule is CCC(C)OC(=O)N1CCC(CC#N)(n2nc(NCC3CC3)c(C=O)c2/C=C\NC)CC1. The molecule has 2 aliphatic rings. The number of aldehydes is 1. The van der Waals surface area contributed by atoms with E-state index >= 15 is 0 Å². The summed E-state index contributed by atoms with van der Waals surface area (Å²) in [4.78, 5) is 26.2. The van der Waals surface area contributed by atoms with E-state index in [2.05, 4.69) is 16.7 Å². The van der Waals surface area contributed by atoms with Gasteiger partial charge in [0.25, 0.3) is 0 Å². The number of anilines is 1. The first kappa shape index (κ1) is 23.6. The van der Waals surface area contributed by atoms with Gasteiger partial charge in [-0.25, -0.2) is 4.79 Å². The van der Waals surface area contributed by atoms with Crippen LogP contribution in [0.15, 0.2) is 6.20 Å². The molecular weight excluding hydrogens is 408 g/mol.